The van der Waals surface area contributed by atoms with Crippen molar-refractivity contribution >= 4 is 11.8 Å². The number of unbranched alkanes of at least 4 members (excludes halogenated alkanes) is 3. The van der Waals surface area contributed by atoms with Crippen LogP contribution in [-0.4, -0.2) is 47.8 Å². The van der Waals surface area contributed by atoms with Gasteiger partial charge in [-0.25, -0.2) is 4.68 Å². The predicted octanol–water partition coefficient (Wildman–Crippen LogP) is 3.51. The van der Waals surface area contributed by atoms with Crippen molar-refractivity contribution < 1.29 is 0 Å². The fourth-order valence-electron chi connectivity index (χ4n) is 3.30. The summed E-state index contributed by atoms with van der Waals surface area (Å²) in [6.45, 7) is 5.47. The number of hydrogen-bond donors (Lipinski definition) is 2. The van der Waals surface area contributed by atoms with Gasteiger partial charge in [0.05, 0.1) is 11.4 Å². The average Bonchev–Trinajstić information content (AvgIpc) is 3.09. The number of nitrogen functional groups attached to an aromatic ring is 1. The fourth-order valence-corrected chi connectivity index (χ4v) is 3.30. The molecule has 0 atom stereocenters. The Bertz CT molecular complexity index is 862. The summed E-state index contributed by atoms with van der Waals surface area (Å²) in [7, 11) is 3.85. The Labute approximate surface area is 179 Å². The number of nitrogens with two attached hydrogens (primary N) is 1. The fraction of sp³-hybridized carbons (Fsp3) is 0.435. The normalized spacial score (nSPS) is 11.2. The molecule has 0 aliphatic rings. The van der Waals surface area contributed by atoms with E-state index in [1.165, 1.54) is 12.8 Å². The van der Waals surface area contributed by atoms with Crippen LogP contribution in [0.5, 0.6) is 0 Å². The molecule has 1 heterocycles. The molecule has 30 heavy (non-hydrogen) atoms. The summed E-state index contributed by atoms with van der Waals surface area (Å²) in [5.74, 6) is 1.27. The van der Waals surface area contributed by atoms with E-state index < -0.39 is 0 Å². The van der Waals surface area contributed by atoms with Crippen molar-refractivity contribution in [1.29, 1.82) is 5.26 Å². The van der Waals surface area contributed by atoms with Crippen LogP contribution in [0.25, 0.3) is 5.69 Å². The summed E-state index contributed by atoms with van der Waals surface area (Å²) in [5, 5.41) is 17.5. The Hall–Kier alpha value is -3.27. The SMILES string of the molecule is C=CCCCCCN(C)C(=NC)NCCCc1nn(-c2ccccc2)c(N)c1C#N. The molecule has 1 aromatic heterocycles. The standard InChI is InChI=1S/C23H33N7/c1-4-5-6-7-11-17-29(3)23(26-2)27-16-12-15-21-20(18-24)22(25)30(28-21)19-13-9-8-10-14-19/h4,8-10,13-14H,1,5-7,11-12,15-17,25H2,2-3H3,(H,26,27). The van der Waals surface area contributed by atoms with Gasteiger partial charge in [0, 0.05) is 27.2 Å². The van der Waals surface area contributed by atoms with Crippen molar-refractivity contribution in [2.75, 3.05) is 32.9 Å². The molecule has 0 bridgehead atoms. The number of rotatable bonds is 11. The average molecular weight is 408 g/mol. The summed E-state index contributed by atoms with van der Waals surface area (Å²) in [6, 6.07) is 11.8. The van der Waals surface area contributed by atoms with Crippen LogP contribution < -0.4 is 11.1 Å². The van der Waals surface area contributed by atoms with Crippen LogP contribution in [-0.2, 0) is 6.42 Å². The minimum absolute atomic E-state index is 0.388. The molecule has 0 radical (unpaired) electrons. The number of allylic oxidation sites excluding steroid dienone is 1. The van der Waals surface area contributed by atoms with E-state index in [-0.39, 0.29) is 0 Å². The van der Waals surface area contributed by atoms with E-state index in [1.807, 2.05) is 36.4 Å². The lowest BCUT2D eigenvalue weighted by atomic mass is 10.1. The van der Waals surface area contributed by atoms with Crippen LogP contribution in [0.15, 0.2) is 48.0 Å². The third-order valence-electron chi connectivity index (χ3n) is 4.95. The van der Waals surface area contributed by atoms with Crippen LogP contribution in [0.4, 0.5) is 5.82 Å². The van der Waals surface area contributed by atoms with Crippen LogP contribution in [0.1, 0.15) is 43.4 Å². The third kappa shape index (κ3) is 6.38. The molecule has 0 saturated carbocycles. The van der Waals surface area contributed by atoms with E-state index in [4.69, 9.17) is 5.73 Å². The van der Waals surface area contributed by atoms with Gasteiger partial charge in [0.2, 0.25) is 0 Å². The van der Waals surface area contributed by atoms with Crippen LogP contribution >= 0.6 is 0 Å². The zero-order valence-electron chi connectivity index (χ0n) is 18.1. The van der Waals surface area contributed by atoms with Gasteiger partial charge in [0.15, 0.2) is 5.96 Å². The van der Waals surface area contributed by atoms with Crippen LogP contribution in [0.2, 0.25) is 0 Å². The number of hydrogen-bond acceptors (Lipinski definition) is 4. The molecule has 0 aliphatic heterocycles. The smallest absolute Gasteiger partial charge is 0.193 e. The molecule has 0 saturated heterocycles. The zero-order valence-corrected chi connectivity index (χ0v) is 18.1. The summed E-state index contributed by atoms with van der Waals surface area (Å²) in [4.78, 5) is 6.51. The van der Waals surface area contributed by atoms with Gasteiger partial charge in [-0.15, -0.1) is 6.58 Å². The lowest BCUT2D eigenvalue weighted by Gasteiger charge is -2.22. The Morgan fingerprint density at radius 3 is 2.73 bits per heavy atom. The molecule has 0 spiro atoms. The van der Waals surface area contributed by atoms with Gasteiger partial charge < -0.3 is 16.0 Å². The molecule has 2 aromatic rings. The van der Waals surface area contributed by atoms with E-state index in [2.05, 4.69) is 40.0 Å². The van der Waals surface area contributed by atoms with E-state index in [9.17, 15) is 5.26 Å². The number of anilines is 1. The number of nitriles is 1. The van der Waals surface area contributed by atoms with Gasteiger partial charge in [-0.3, -0.25) is 4.99 Å². The highest BCUT2D eigenvalue weighted by Gasteiger charge is 2.16. The van der Waals surface area contributed by atoms with E-state index in [1.54, 1.807) is 11.7 Å². The zero-order chi connectivity index (χ0) is 21.8. The molecule has 2 rings (SSSR count). The molecule has 7 heteroatoms. The van der Waals surface area contributed by atoms with Crippen molar-refractivity contribution in [3.8, 4) is 11.8 Å². The van der Waals surface area contributed by atoms with E-state index in [0.29, 0.717) is 17.8 Å². The highest BCUT2D eigenvalue weighted by molar-refractivity contribution is 5.79. The number of aliphatic imine (C=N–C) groups is 1. The van der Waals surface area contributed by atoms with Crippen LogP contribution in [0, 0.1) is 11.3 Å². The monoisotopic (exact) mass is 407 g/mol. The molecule has 160 valence electrons. The molecule has 7 nitrogen and oxygen atoms in total. The number of aryl methyl sites for hydroxylation is 1. The first-order valence-electron chi connectivity index (χ1n) is 10.5. The third-order valence-corrected chi connectivity index (χ3v) is 4.95. The maximum atomic E-state index is 9.52. The Kier molecular flexibility index (Phi) is 9.46. The predicted molar refractivity (Wildman–Crippen MR) is 124 cm³/mol. The summed E-state index contributed by atoms with van der Waals surface area (Å²) < 4.78 is 1.64. The lowest BCUT2D eigenvalue weighted by Crippen LogP contribution is -2.39. The number of para-hydroxylation sites is 1. The number of aromatic nitrogens is 2. The number of nitrogens with zero attached hydrogens (tertiary/aromatic N) is 5. The molecule has 0 unspecified atom stereocenters. The maximum absolute atomic E-state index is 9.52. The largest absolute Gasteiger partial charge is 0.382 e. The Balaban J connectivity index is 1.86. The Morgan fingerprint density at radius 2 is 2.07 bits per heavy atom. The van der Waals surface area contributed by atoms with Crippen molar-refractivity contribution in [2.24, 2.45) is 4.99 Å². The first-order chi connectivity index (χ1) is 14.6. The molecular weight excluding hydrogens is 374 g/mol. The first-order valence-corrected chi connectivity index (χ1v) is 10.5. The number of nitrogens with one attached hydrogen (secondary N) is 1. The maximum Gasteiger partial charge on any atom is 0.193 e. The molecule has 0 fully saturated rings. The number of benzene rings is 1. The van der Waals surface area contributed by atoms with E-state index >= 15 is 0 Å². The van der Waals surface area contributed by atoms with Crippen molar-refractivity contribution in [2.45, 2.75) is 38.5 Å². The summed E-state index contributed by atoms with van der Waals surface area (Å²) in [5.41, 5.74) is 8.21. The van der Waals surface area contributed by atoms with Gasteiger partial charge in [0.25, 0.3) is 0 Å². The summed E-state index contributed by atoms with van der Waals surface area (Å²) >= 11 is 0. The highest BCUT2D eigenvalue weighted by atomic mass is 15.3. The van der Waals surface area contributed by atoms with Gasteiger partial charge in [-0.05, 0) is 44.2 Å². The van der Waals surface area contributed by atoms with Crippen molar-refractivity contribution in [3.63, 3.8) is 0 Å². The Morgan fingerprint density at radius 1 is 1.30 bits per heavy atom. The second kappa shape index (κ2) is 12.3. The van der Waals surface area contributed by atoms with Crippen LogP contribution in [0.3, 0.4) is 0 Å². The van der Waals surface area contributed by atoms with Gasteiger partial charge in [-0.2, -0.15) is 10.4 Å². The van der Waals surface area contributed by atoms with Gasteiger partial charge in [0.1, 0.15) is 17.5 Å². The molecule has 0 aliphatic carbocycles. The van der Waals surface area contributed by atoms with E-state index in [0.717, 1.165) is 49.7 Å². The topological polar surface area (TPSA) is 95.3 Å². The van der Waals surface area contributed by atoms with Gasteiger partial charge in [-0.1, -0.05) is 30.7 Å². The molecule has 1 aromatic carbocycles. The molecule has 3 N–H and O–H groups in total. The molecule has 0 amide bonds. The highest BCUT2D eigenvalue weighted by Crippen LogP contribution is 2.21. The number of guanidine groups is 1. The van der Waals surface area contributed by atoms with Gasteiger partial charge >= 0.3 is 0 Å². The quantitative estimate of drug-likeness (QED) is 0.257. The second-order valence-electron chi connectivity index (χ2n) is 7.20. The first kappa shape index (κ1) is 23.0. The van der Waals surface area contributed by atoms with Crippen molar-refractivity contribution in [1.82, 2.24) is 20.0 Å². The molecular formula is C23H33N7. The summed E-state index contributed by atoms with van der Waals surface area (Å²) in [6.07, 6.45) is 8.05. The lowest BCUT2D eigenvalue weighted by molar-refractivity contribution is 0.454. The van der Waals surface area contributed by atoms with Crippen molar-refractivity contribution in [3.05, 3.63) is 54.2 Å². The minimum atomic E-state index is 0.388. The minimum Gasteiger partial charge on any atom is -0.382 e. The second-order valence-corrected chi connectivity index (χ2v) is 7.20.